The first-order valence-corrected chi connectivity index (χ1v) is 11.3. The van der Waals surface area contributed by atoms with Crippen molar-refractivity contribution in [3.63, 3.8) is 0 Å². The van der Waals surface area contributed by atoms with E-state index in [9.17, 15) is 9.90 Å². The van der Waals surface area contributed by atoms with Gasteiger partial charge in [0.05, 0.1) is 23.1 Å². The summed E-state index contributed by atoms with van der Waals surface area (Å²) in [4.78, 5) is 16.5. The number of nitrogens with zero attached hydrogens (tertiary/aromatic N) is 2. The van der Waals surface area contributed by atoms with Gasteiger partial charge in [-0.2, -0.15) is 0 Å². The number of carboxylic acid groups (broad SMARTS) is 1. The van der Waals surface area contributed by atoms with Crippen molar-refractivity contribution < 1.29 is 19.4 Å². The van der Waals surface area contributed by atoms with Crippen LogP contribution in [-0.4, -0.2) is 27.4 Å². The van der Waals surface area contributed by atoms with Crippen LogP contribution in [0.5, 0.6) is 11.5 Å². The topological polar surface area (TPSA) is 73.6 Å². The number of imidazole rings is 1. The zero-order valence-corrected chi connectivity index (χ0v) is 18.6. The van der Waals surface area contributed by atoms with Gasteiger partial charge >= 0.3 is 5.97 Å². The second kappa shape index (κ2) is 8.24. The number of rotatable bonds is 6. The Kier molecular flexibility index (Phi) is 5.27. The first-order valence-electron chi connectivity index (χ1n) is 10.3. The quantitative estimate of drug-likeness (QED) is 0.399. The molecule has 0 aliphatic carbocycles. The van der Waals surface area contributed by atoms with Crippen LogP contribution >= 0.6 is 11.8 Å². The highest BCUT2D eigenvalue weighted by Crippen LogP contribution is 2.34. The lowest BCUT2D eigenvalue weighted by atomic mass is 10.1. The molecule has 0 atom stereocenters. The molecule has 0 unspecified atom stereocenters. The minimum absolute atomic E-state index is 0.245. The van der Waals surface area contributed by atoms with Gasteiger partial charge in [0.25, 0.3) is 0 Å². The van der Waals surface area contributed by atoms with Gasteiger partial charge in [0.2, 0.25) is 6.79 Å². The standard InChI is InChI=1S/C25H22N2O4S/c1-15-9-20-21(10-16(15)2)27(12-17-7-8-22-23(11-17)31-14-30-22)25(26-20)32-13-18-5-3-4-6-19(18)24(28)29/h3-11H,12-14H2,1-2H3,(H,28,29). The Morgan fingerprint density at radius 3 is 2.69 bits per heavy atom. The molecule has 0 spiro atoms. The lowest BCUT2D eigenvalue weighted by Crippen LogP contribution is -2.04. The average Bonchev–Trinajstić information content (AvgIpc) is 3.37. The van der Waals surface area contributed by atoms with Crippen LogP contribution in [0.25, 0.3) is 11.0 Å². The van der Waals surface area contributed by atoms with E-state index in [0.717, 1.165) is 38.8 Å². The van der Waals surface area contributed by atoms with Crippen molar-refractivity contribution in [1.82, 2.24) is 9.55 Å². The predicted molar refractivity (Wildman–Crippen MR) is 124 cm³/mol. The number of hydrogen-bond acceptors (Lipinski definition) is 5. The van der Waals surface area contributed by atoms with Crippen molar-refractivity contribution in [3.05, 3.63) is 82.4 Å². The molecule has 0 fully saturated rings. The molecule has 0 radical (unpaired) electrons. The molecule has 0 amide bonds. The van der Waals surface area contributed by atoms with Gasteiger partial charge in [-0.3, -0.25) is 0 Å². The summed E-state index contributed by atoms with van der Waals surface area (Å²) in [6.45, 7) is 5.05. The summed E-state index contributed by atoms with van der Waals surface area (Å²) in [5, 5.41) is 10.4. The maximum absolute atomic E-state index is 11.6. The third kappa shape index (κ3) is 3.80. The number of aromatic nitrogens is 2. The number of carbonyl (C=O) groups is 1. The van der Waals surface area contributed by atoms with Gasteiger partial charge in [0.1, 0.15) is 0 Å². The zero-order valence-electron chi connectivity index (χ0n) is 17.8. The maximum Gasteiger partial charge on any atom is 0.335 e. The van der Waals surface area contributed by atoms with Gasteiger partial charge in [0, 0.05) is 5.75 Å². The van der Waals surface area contributed by atoms with Crippen LogP contribution in [-0.2, 0) is 12.3 Å². The molecule has 1 aromatic heterocycles. The molecule has 0 saturated carbocycles. The zero-order chi connectivity index (χ0) is 22.2. The first-order chi connectivity index (χ1) is 15.5. The van der Waals surface area contributed by atoms with E-state index in [-0.39, 0.29) is 6.79 Å². The lowest BCUT2D eigenvalue weighted by Gasteiger charge is -2.11. The molecule has 0 bridgehead atoms. The van der Waals surface area contributed by atoms with Crippen LogP contribution in [0.3, 0.4) is 0 Å². The molecule has 2 heterocycles. The van der Waals surface area contributed by atoms with E-state index in [4.69, 9.17) is 14.5 Å². The van der Waals surface area contributed by atoms with Crippen molar-refractivity contribution >= 4 is 28.8 Å². The average molecular weight is 447 g/mol. The lowest BCUT2D eigenvalue weighted by molar-refractivity contribution is 0.0696. The highest BCUT2D eigenvalue weighted by molar-refractivity contribution is 7.98. The minimum Gasteiger partial charge on any atom is -0.478 e. The monoisotopic (exact) mass is 446 g/mol. The van der Waals surface area contributed by atoms with Gasteiger partial charge in [0.15, 0.2) is 16.7 Å². The molecule has 6 nitrogen and oxygen atoms in total. The molecular weight excluding hydrogens is 424 g/mol. The number of ether oxygens (including phenoxy) is 2. The summed E-state index contributed by atoms with van der Waals surface area (Å²) in [6, 6.07) is 17.4. The molecule has 7 heteroatoms. The number of hydrogen-bond donors (Lipinski definition) is 1. The summed E-state index contributed by atoms with van der Waals surface area (Å²) in [5.74, 6) is 1.12. The van der Waals surface area contributed by atoms with Gasteiger partial charge in [-0.15, -0.1) is 0 Å². The van der Waals surface area contributed by atoms with Gasteiger partial charge in [-0.1, -0.05) is 36.0 Å². The van der Waals surface area contributed by atoms with Crippen LogP contribution < -0.4 is 9.47 Å². The van der Waals surface area contributed by atoms with E-state index in [1.807, 2.05) is 30.3 Å². The fraction of sp³-hybridized carbons (Fsp3) is 0.200. The Morgan fingerprint density at radius 1 is 1.06 bits per heavy atom. The van der Waals surface area contributed by atoms with Gasteiger partial charge < -0.3 is 19.1 Å². The summed E-state index contributed by atoms with van der Waals surface area (Å²) in [6.07, 6.45) is 0. The molecule has 0 saturated heterocycles. The third-order valence-corrected chi connectivity index (χ3v) is 6.74. The molecular formula is C25H22N2O4S. The van der Waals surface area contributed by atoms with E-state index < -0.39 is 5.97 Å². The number of aromatic carboxylic acids is 1. The first kappa shape index (κ1) is 20.5. The molecule has 32 heavy (non-hydrogen) atoms. The van der Waals surface area contributed by atoms with E-state index in [1.165, 1.54) is 11.1 Å². The fourth-order valence-corrected chi connectivity index (χ4v) is 4.86. The Hall–Kier alpha value is -3.45. The van der Waals surface area contributed by atoms with Crippen molar-refractivity contribution in [2.45, 2.75) is 31.3 Å². The van der Waals surface area contributed by atoms with Crippen molar-refractivity contribution in [1.29, 1.82) is 0 Å². The SMILES string of the molecule is Cc1cc2nc(SCc3ccccc3C(=O)O)n(Cc3ccc4c(c3)OCO4)c2cc1C. The molecule has 4 aromatic rings. The Balaban J connectivity index is 1.52. The van der Waals surface area contributed by atoms with Gasteiger partial charge in [-0.05, 0) is 66.4 Å². The minimum atomic E-state index is -0.915. The smallest absolute Gasteiger partial charge is 0.335 e. The van der Waals surface area contributed by atoms with Crippen LogP contribution in [0.2, 0.25) is 0 Å². The second-order valence-corrected chi connectivity index (χ2v) is 8.79. The second-order valence-electron chi connectivity index (χ2n) is 7.84. The highest BCUT2D eigenvalue weighted by Gasteiger charge is 2.18. The van der Waals surface area contributed by atoms with Crippen molar-refractivity contribution in [2.75, 3.05) is 6.79 Å². The molecule has 5 rings (SSSR count). The van der Waals surface area contributed by atoms with Crippen molar-refractivity contribution in [2.24, 2.45) is 0 Å². The van der Waals surface area contributed by atoms with E-state index in [0.29, 0.717) is 17.9 Å². The molecule has 1 N–H and O–H groups in total. The Morgan fingerprint density at radius 2 is 1.84 bits per heavy atom. The normalized spacial score (nSPS) is 12.4. The predicted octanol–water partition coefficient (Wildman–Crippen LogP) is 5.42. The summed E-state index contributed by atoms with van der Waals surface area (Å²) >= 11 is 1.55. The summed E-state index contributed by atoms with van der Waals surface area (Å²) in [7, 11) is 0. The Bertz CT molecular complexity index is 1350. The van der Waals surface area contributed by atoms with Crippen LogP contribution in [0, 0.1) is 13.8 Å². The number of fused-ring (bicyclic) bond motifs is 2. The number of thioether (sulfide) groups is 1. The summed E-state index contributed by atoms with van der Waals surface area (Å²) in [5.41, 5.74) is 6.57. The molecule has 1 aliphatic heterocycles. The molecule has 162 valence electrons. The number of carboxylic acids is 1. The molecule has 3 aromatic carbocycles. The largest absolute Gasteiger partial charge is 0.478 e. The Labute approximate surface area is 189 Å². The molecule has 1 aliphatic rings. The van der Waals surface area contributed by atoms with Crippen LogP contribution in [0.15, 0.2) is 59.8 Å². The van der Waals surface area contributed by atoms with E-state index in [1.54, 1.807) is 23.9 Å². The van der Waals surface area contributed by atoms with E-state index >= 15 is 0 Å². The summed E-state index contributed by atoms with van der Waals surface area (Å²) < 4.78 is 13.2. The van der Waals surface area contributed by atoms with Crippen molar-refractivity contribution in [3.8, 4) is 11.5 Å². The third-order valence-electron chi connectivity index (χ3n) is 5.71. The highest BCUT2D eigenvalue weighted by atomic mass is 32.2. The van der Waals surface area contributed by atoms with E-state index in [2.05, 4.69) is 30.5 Å². The van der Waals surface area contributed by atoms with Crippen LogP contribution in [0.1, 0.15) is 32.6 Å². The van der Waals surface area contributed by atoms with Gasteiger partial charge in [-0.25, -0.2) is 9.78 Å². The maximum atomic E-state index is 11.6. The number of benzene rings is 3. The van der Waals surface area contributed by atoms with Crippen LogP contribution in [0.4, 0.5) is 0 Å². The number of aryl methyl sites for hydroxylation is 2. The fourth-order valence-electron chi connectivity index (χ4n) is 3.84.